The third-order valence-corrected chi connectivity index (χ3v) is 3.94. The molecule has 2 rings (SSSR count). The van der Waals surface area contributed by atoms with E-state index in [1.165, 1.54) is 23.6 Å². The Balaban J connectivity index is 2.14. The highest BCUT2D eigenvalue weighted by atomic mass is 16.6. The first kappa shape index (κ1) is 15.9. The van der Waals surface area contributed by atoms with Gasteiger partial charge in [0.25, 0.3) is 5.91 Å². The Morgan fingerprint density at radius 3 is 2.50 bits per heavy atom. The van der Waals surface area contributed by atoms with Crippen LogP contribution in [0.4, 0.5) is 5.69 Å². The van der Waals surface area contributed by atoms with Gasteiger partial charge in [-0.3, -0.25) is 24.4 Å². The van der Waals surface area contributed by atoms with Crippen molar-refractivity contribution in [2.24, 2.45) is 13.0 Å². The predicted molar refractivity (Wildman–Crippen MR) is 75.5 cm³/mol. The third-order valence-electron chi connectivity index (χ3n) is 3.94. The summed E-state index contributed by atoms with van der Waals surface area (Å²) in [6.45, 7) is 2.30. The second kappa shape index (κ2) is 6.12. The number of aryl methyl sites for hydroxylation is 2. The van der Waals surface area contributed by atoms with Crippen molar-refractivity contribution in [1.82, 2.24) is 14.7 Å². The molecule has 1 aliphatic heterocycles. The lowest BCUT2D eigenvalue weighted by molar-refractivity contribution is -0.385. The van der Waals surface area contributed by atoms with Gasteiger partial charge in [0.2, 0.25) is 5.69 Å². The summed E-state index contributed by atoms with van der Waals surface area (Å²) in [5.74, 6) is -1.23. The number of nitrogens with zero attached hydrogens (tertiary/aromatic N) is 4. The largest absolute Gasteiger partial charge is 0.481 e. The van der Waals surface area contributed by atoms with Crippen LogP contribution in [0.5, 0.6) is 0 Å². The maximum Gasteiger partial charge on any atom is 0.322 e. The van der Waals surface area contributed by atoms with Gasteiger partial charge in [-0.25, -0.2) is 0 Å². The number of nitro groups is 1. The molecule has 0 aromatic carbocycles. The molecule has 0 atom stereocenters. The first-order valence-electron chi connectivity index (χ1n) is 7.00. The van der Waals surface area contributed by atoms with Gasteiger partial charge in [0.05, 0.1) is 4.92 Å². The van der Waals surface area contributed by atoms with E-state index in [1.54, 1.807) is 0 Å². The van der Waals surface area contributed by atoms with Crippen molar-refractivity contribution in [3.05, 3.63) is 21.5 Å². The lowest BCUT2D eigenvalue weighted by Crippen LogP contribution is -2.39. The van der Waals surface area contributed by atoms with Crippen LogP contribution in [0.1, 0.15) is 35.4 Å². The predicted octanol–water partition coefficient (Wildman–Crippen LogP) is 0.964. The number of hydrogen-bond donors (Lipinski definition) is 1. The molecule has 1 N–H and O–H groups in total. The van der Waals surface area contributed by atoms with Crippen molar-refractivity contribution in [2.75, 3.05) is 13.1 Å². The van der Waals surface area contributed by atoms with Gasteiger partial charge in [-0.05, 0) is 25.7 Å². The molecule has 0 spiro atoms. The highest BCUT2D eigenvalue weighted by Gasteiger charge is 2.34. The van der Waals surface area contributed by atoms with Gasteiger partial charge in [-0.2, -0.15) is 5.10 Å². The standard InChI is InChI=1S/C13H18N4O5/c1-8-11(17(21)22)12(15(2)14-8)13(20)16-5-3-9(4-6-16)7-10(18)19/h9H,3-7H2,1-2H3,(H,18,19). The molecule has 0 saturated carbocycles. The molecule has 2 heterocycles. The van der Waals surface area contributed by atoms with Gasteiger partial charge >= 0.3 is 11.7 Å². The van der Waals surface area contributed by atoms with E-state index in [1.807, 2.05) is 0 Å². The second-order valence-electron chi connectivity index (χ2n) is 5.50. The second-order valence-corrected chi connectivity index (χ2v) is 5.50. The Bertz CT molecular complexity index is 616. The number of piperidine rings is 1. The molecule has 9 nitrogen and oxygen atoms in total. The molecule has 1 aliphatic rings. The summed E-state index contributed by atoms with van der Waals surface area (Å²) in [7, 11) is 1.50. The number of aromatic nitrogens is 2. The van der Waals surface area contributed by atoms with E-state index in [0.29, 0.717) is 25.9 Å². The van der Waals surface area contributed by atoms with Crippen molar-refractivity contribution in [3.63, 3.8) is 0 Å². The van der Waals surface area contributed by atoms with Crippen LogP contribution in [0.25, 0.3) is 0 Å². The quantitative estimate of drug-likeness (QED) is 0.653. The SMILES string of the molecule is Cc1nn(C)c(C(=O)N2CCC(CC(=O)O)CC2)c1[N+](=O)[O-]. The lowest BCUT2D eigenvalue weighted by Gasteiger charge is -2.31. The Hall–Kier alpha value is -2.45. The summed E-state index contributed by atoms with van der Waals surface area (Å²) in [5, 5.41) is 23.9. The molecule has 1 saturated heterocycles. The zero-order valence-electron chi connectivity index (χ0n) is 12.5. The van der Waals surface area contributed by atoms with Crippen LogP contribution in [-0.4, -0.2) is 49.7 Å². The van der Waals surface area contributed by atoms with Crippen LogP contribution >= 0.6 is 0 Å². The van der Waals surface area contributed by atoms with Gasteiger partial charge in [-0.1, -0.05) is 0 Å². The number of carbonyl (C=O) groups is 2. The summed E-state index contributed by atoms with van der Waals surface area (Å²) in [6.07, 6.45) is 1.26. The number of hydrogen-bond acceptors (Lipinski definition) is 5. The van der Waals surface area contributed by atoms with Crippen LogP contribution in [-0.2, 0) is 11.8 Å². The third kappa shape index (κ3) is 3.07. The van der Waals surface area contributed by atoms with Gasteiger partial charge in [0.15, 0.2) is 0 Å². The molecule has 0 bridgehead atoms. The lowest BCUT2D eigenvalue weighted by atomic mass is 9.93. The fraction of sp³-hybridized carbons (Fsp3) is 0.615. The maximum atomic E-state index is 12.5. The molecule has 120 valence electrons. The molecule has 0 aliphatic carbocycles. The van der Waals surface area contributed by atoms with Crippen LogP contribution in [0.2, 0.25) is 0 Å². The van der Waals surface area contributed by atoms with E-state index in [-0.39, 0.29) is 29.4 Å². The average Bonchev–Trinajstić information content (AvgIpc) is 2.73. The fourth-order valence-corrected chi connectivity index (χ4v) is 2.84. The first-order chi connectivity index (χ1) is 10.3. The van der Waals surface area contributed by atoms with Crippen molar-refractivity contribution in [2.45, 2.75) is 26.2 Å². The molecule has 0 unspecified atom stereocenters. The van der Waals surface area contributed by atoms with Crippen LogP contribution < -0.4 is 0 Å². The minimum Gasteiger partial charge on any atom is -0.481 e. The summed E-state index contributed by atoms with van der Waals surface area (Å²) in [4.78, 5) is 35.3. The van der Waals surface area contributed by atoms with E-state index in [9.17, 15) is 19.7 Å². The van der Waals surface area contributed by atoms with Crippen LogP contribution in [0.3, 0.4) is 0 Å². The normalized spacial score (nSPS) is 15.8. The number of rotatable bonds is 4. The first-order valence-corrected chi connectivity index (χ1v) is 7.00. The van der Waals surface area contributed by atoms with Crippen LogP contribution in [0.15, 0.2) is 0 Å². The highest BCUT2D eigenvalue weighted by Crippen LogP contribution is 2.26. The fourth-order valence-electron chi connectivity index (χ4n) is 2.84. The van der Waals surface area contributed by atoms with E-state index >= 15 is 0 Å². The summed E-state index contributed by atoms with van der Waals surface area (Å²) >= 11 is 0. The number of carbonyl (C=O) groups excluding carboxylic acids is 1. The topological polar surface area (TPSA) is 119 Å². The number of carboxylic acid groups (broad SMARTS) is 1. The number of aliphatic carboxylic acids is 1. The maximum absolute atomic E-state index is 12.5. The van der Waals surface area contributed by atoms with Gasteiger partial charge < -0.3 is 10.0 Å². The molecule has 22 heavy (non-hydrogen) atoms. The molecular formula is C13H18N4O5. The van der Waals surface area contributed by atoms with E-state index in [0.717, 1.165) is 0 Å². The highest BCUT2D eigenvalue weighted by molar-refractivity contribution is 5.97. The molecular weight excluding hydrogens is 292 g/mol. The summed E-state index contributed by atoms with van der Waals surface area (Å²) in [6, 6.07) is 0. The Labute approximate surface area is 126 Å². The van der Waals surface area contributed by atoms with Gasteiger partial charge in [0.1, 0.15) is 5.69 Å². The molecule has 9 heteroatoms. The molecule has 1 fully saturated rings. The van der Waals surface area contributed by atoms with E-state index < -0.39 is 16.8 Å². The molecule has 1 aromatic heterocycles. The van der Waals surface area contributed by atoms with Crippen LogP contribution in [0, 0.1) is 23.0 Å². The monoisotopic (exact) mass is 310 g/mol. The number of carboxylic acids is 1. The zero-order valence-corrected chi connectivity index (χ0v) is 12.5. The Morgan fingerprint density at radius 2 is 2.00 bits per heavy atom. The summed E-state index contributed by atoms with van der Waals surface area (Å²) < 4.78 is 1.24. The Morgan fingerprint density at radius 1 is 1.41 bits per heavy atom. The Kier molecular flexibility index (Phi) is 4.43. The average molecular weight is 310 g/mol. The number of amides is 1. The molecule has 0 radical (unpaired) electrons. The number of likely N-dealkylation sites (tertiary alicyclic amines) is 1. The van der Waals surface area contributed by atoms with E-state index in [4.69, 9.17) is 5.11 Å². The van der Waals surface area contributed by atoms with Gasteiger partial charge in [-0.15, -0.1) is 0 Å². The minimum atomic E-state index is -0.845. The van der Waals surface area contributed by atoms with E-state index in [2.05, 4.69) is 5.10 Å². The van der Waals surface area contributed by atoms with Crippen molar-refractivity contribution >= 4 is 17.6 Å². The van der Waals surface area contributed by atoms with Crippen molar-refractivity contribution in [3.8, 4) is 0 Å². The molecule has 1 amide bonds. The summed E-state index contributed by atoms with van der Waals surface area (Å²) in [5.41, 5.74) is -0.0871. The molecule has 1 aromatic rings. The zero-order chi connectivity index (χ0) is 16.4. The van der Waals surface area contributed by atoms with Crippen molar-refractivity contribution < 1.29 is 19.6 Å². The minimum absolute atomic E-state index is 0.0285. The smallest absolute Gasteiger partial charge is 0.322 e. The van der Waals surface area contributed by atoms with Gasteiger partial charge in [0, 0.05) is 26.6 Å². The van der Waals surface area contributed by atoms with Crippen molar-refractivity contribution in [1.29, 1.82) is 0 Å².